The van der Waals surface area contributed by atoms with E-state index in [0.717, 1.165) is 29.8 Å². The number of amides is 1. The first kappa shape index (κ1) is 15.2. The van der Waals surface area contributed by atoms with Gasteiger partial charge in [0.15, 0.2) is 0 Å². The molecule has 0 fully saturated rings. The third kappa shape index (κ3) is 4.42. The minimum atomic E-state index is 0.000793. The molecule has 0 radical (unpaired) electrons. The van der Waals surface area contributed by atoms with Crippen LogP contribution in [0.4, 0.5) is 0 Å². The molecule has 0 atom stereocenters. The van der Waals surface area contributed by atoms with E-state index in [2.05, 4.69) is 45.1 Å². The fourth-order valence-corrected chi connectivity index (χ4v) is 1.96. The SMILES string of the molecule is CCN(CC)CCNC(=O)Cn1ncc(Br)c1C. The molecule has 0 saturated heterocycles. The number of nitrogens with one attached hydrogen (secondary N) is 1. The van der Waals surface area contributed by atoms with Crippen LogP contribution >= 0.6 is 15.9 Å². The summed E-state index contributed by atoms with van der Waals surface area (Å²) in [7, 11) is 0. The first-order valence-electron chi connectivity index (χ1n) is 6.25. The summed E-state index contributed by atoms with van der Waals surface area (Å²) in [5, 5.41) is 7.04. The van der Waals surface area contributed by atoms with Crippen LogP contribution in [-0.4, -0.2) is 46.8 Å². The molecule has 1 amide bonds. The summed E-state index contributed by atoms with van der Waals surface area (Å²) in [6.45, 7) is 10.0. The lowest BCUT2D eigenvalue weighted by atomic mass is 10.4. The lowest BCUT2D eigenvalue weighted by Crippen LogP contribution is -2.36. The predicted octanol–water partition coefficient (Wildman–Crippen LogP) is 1.41. The van der Waals surface area contributed by atoms with Gasteiger partial charge in [0.1, 0.15) is 6.54 Å². The Balaban J connectivity index is 2.32. The first-order valence-corrected chi connectivity index (χ1v) is 7.04. The zero-order valence-corrected chi connectivity index (χ0v) is 12.8. The van der Waals surface area contributed by atoms with E-state index in [4.69, 9.17) is 0 Å². The van der Waals surface area contributed by atoms with Gasteiger partial charge in [-0.3, -0.25) is 9.48 Å². The molecule has 18 heavy (non-hydrogen) atoms. The highest BCUT2D eigenvalue weighted by molar-refractivity contribution is 9.10. The van der Waals surface area contributed by atoms with Crippen molar-refractivity contribution in [3.05, 3.63) is 16.4 Å². The van der Waals surface area contributed by atoms with Crippen LogP contribution in [0.25, 0.3) is 0 Å². The Morgan fingerprint density at radius 2 is 2.17 bits per heavy atom. The maximum atomic E-state index is 11.7. The van der Waals surface area contributed by atoms with Gasteiger partial charge >= 0.3 is 0 Å². The number of carbonyl (C=O) groups is 1. The zero-order chi connectivity index (χ0) is 13.5. The number of hydrogen-bond donors (Lipinski definition) is 1. The monoisotopic (exact) mass is 316 g/mol. The lowest BCUT2D eigenvalue weighted by molar-refractivity contribution is -0.121. The fraction of sp³-hybridized carbons (Fsp3) is 0.667. The van der Waals surface area contributed by atoms with E-state index in [-0.39, 0.29) is 12.5 Å². The molecular weight excluding hydrogens is 296 g/mol. The molecule has 0 aliphatic heterocycles. The molecule has 1 N–H and O–H groups in total. The van der Waals surface area contributed by atoms with Crippen LogP contribution in [0.3, 0.4) is 0 Å². The van der Waals surface area contributed by atoms with Crippen LogP contribution in [-0.2, 0) is 11.3 Å². The molecule has 5 nitrogen and oxygen atoms in total. The molecule has 0 spiro atoms. The predicted molar refractivity (Wildman–Crippen MR) is 75.5 cm³/mol. The van der Waals surface area contributed by atoms with Crippen LogP contribution in [0.2, 0.25) is 0 Å². The Bertz CT molecular complexity index is 387. The van der Waals surface area contributed by atoms with Crippen molar-refractivity contribution in [3.63, 3.8) is 0 Å². The smallest absolute Gasteiger partial charge is 0.241 e. The van der Waals surface area contributed by atoms with Crippen LogP contribution in [0.5, 0.6) is 0 Å². The number of halogens is 1. The Labute approximate surface area is 117 Å². The number of aromatic nitrogens is 2. The van der Waals surface area contributed by atoms with E-state index >= 15 is 0 Å². The summed E-state index contributed by atoms with van der Waals surface area (Å²) >= 11 is 3.37. The molecule has 0 saturated carbocycles. The van der Waals surface area contributed by atoms with Crippen molar-refractivity contribution in [3.8, 4) is 0 Å². The number of carbonyl (C=O) groups excluding carboxylic acids is 1. The average Bonchev–Trinajstić information content (AvgIpc) is 2.67. The Morgan fingerprint density at radius 3 is 2.67 bits per heavy atom. The highest BCUT2D eigenvalue weighted by Crippen LogP contribution is 2.13. The van der Waals surface area contributed by atoms with Gasteiger partial charge in [-0.1, -0.05) is 13.8 Å². The number of nitrogens with zero attached hydrogens (tertiary/aromatic N) is 3. The molecule has 102 valence electrons. The zero-order valence-electron chi connectivity index (χ0n) is 11.2. The highest BCUT2D eigenvalue weighted by Gasteiger charge is 2.08. The molecule has 0 aromatic carbocycles. The van der Waals surface area contributed by atoms with Gasteiger partial charge < -0.3 is 10.2 Å². The van der Waals surface area contributed by atoms with Gasteiger partial charge in [0.05, 0.1) is 16.4 Å². The van der Waals surface area contributed by atoms with Crippen molar-refractivity contribution >= 4 is 21.8 Å². The molecule has 1 aromatic heterocycles. The van der Waals surface area contributed by atoms with Gasteiger partial charge in [-0.25, -0.2) is 0 Å². The Morgan fingerprint density at radius 1 is 1.50 bits per heavy atom. The summed E-state index contributed by atoms with van der Waals surface area (Å²) < 4.78 is 2.62. The van der Waals surface area contributed by atoms with Crippen molar-refractivity contribution in [2.75, 3.05) is 26.2 Å². The Kier molecular flexibility index (Phi) is 6.35. The normalized spacial score (nSPS) is 10.9. The van der Waals surface area contributed by atoms with Crippen molar-refractivity contribution in [2.24, 2.45) is 0 Å². The number of likely N-dealkylation sites (N-methyl/N-ethyl adjacent to an activating group) is 1. The lowest BCUT2D eigenvalue weighted by Gasteiger charge is -2.18. The van der Waals surface area contributed by atoms with Gasteiger partial charge in [-0.05, 0) is 35.9 Å². The molecular formula is C12H21BrN4O. The minimum Gasteiger partial charge on any atom is -0.353 e. The van der Waals surface area contributed by atoms with E-state index in [1.54, 1.807) is 10.9 Å². The molecule has 6 heteroatoms. The summed E-state index contributed by atoms with van der Waals surface area (Å²) in [5.74, 6) is 0.000793. The largest absolute Gasteiger partial charge is 0.353 e. The van der Waals surface area contributed by atoms with Crippen LogP contribution in [0, 0.1) is 6.92 Å². The molecule has 0 aliphatic rings. The second kappa shape index (κ2) is 7.53. The van der Waals surface area contributed by atoms with Gasteiger partial charge in [-0.2, -0.15) is 5.10 Å². The van der Waals surface area contributed by atoms with Crippen molar-refractivity contribution in [1.29, 1.82) is 0 Å². The molecule has 1 heterocycles. The Hall–Kier alpha value is -0.880. The van der Waals surface area contributed by atoms with Crippen LogP contribution in [0.1, 0.15) is 19.5 Å². The third-order valence-electron chi connectivity index (χ3n) is 2.98. The summed E-state index contributed by atoms with van der Waals surface area (Å²) in [6, 6.07) is 0. The standard InChI is InChI=1S/C12H21BrN4O/c1-4-16(5-2)7-6-14-12(18)9-17-10(3)11(13)8-15-17/h8H,4-7,9H2,1-3H3,(H,14,18). The maximum Gasteiger partial charge on any atom is 0.241 e. The van der Waals surface area contributed by atoms with Crippen LogP contribution in [0.15, 0.2) is 10.7 Å². The van der Waals surface area contributed by atoms with E-state index < -0.39 is 0 Å². The second-order valence-corrected chi connectivity index (χ2v) is 4.97. The molecule has 1 aromatic rings. The second-order valence-electron chi connectivity index (χ2n) is 4.11. The van der Waals surface area contributed by atoms with Gasteiger partial charge in [0, 0.05) is 13.1 Å². The highest BCUT2D eigenvalue weighted by atomic mass is 79.9. The maximum absolute atomic E-state index is 11.7. The third-order valence-corrected chi connectivity index (χ3v) is 3.76. The number of rotatable bonds is 7. The van der Waals surface area contributed by atoms with Crippen molar-refractivity contribution in [2.45, 2.75) is 27.3 Å². The average molecular weight is 317 g/mol. The first-order chi connectivity index (χ1) is 8.58. The molecule has 0 unspecified atom stereocenters. The van der Waals surface area contributed by atoms with Crippen LogP contribution < -0.4 is 5.32 Å². The summed E-state index contributed by atoms with van der Waals surface area (Å²) in [6.07, 6.45) is 1.71. The van der Waals surface area contributed by atoms with Crippen molar-refractivity contribution < 1.29 is 4.79 Å². The van der Waals surface area contributed by atoms with E-state index in [1.165, 1.54) is 0 Å². The molecule has 0 bridgehead atoms. The van der Waals surface area contributed by atoms with Gasteiger partial charge in [0.2, 0.25) is 5.91 Å². The summed E-state index contributed by atoms with van der Waals surface area (Å²) in [4.78, 5) is 14.0. The quantitative estimate of drug-likeness (QED) is 0.827. The van der Waals surface area contributed by atoms with E-state index in [1.807, 2.05) is 6.92 Å². The summed E-state index contributed by atoms with van der Waals surface area (Å²) in [5.41, 5.74) is 0.967. The fourth-order valence-electron chi connectivity index (χ4n) is 1.67. The topological polar surface area (TPSA) is 50.2 Å². The van der Waals surface area contributed by atoms with E-state index in [9.17, 15) is 4.79 Å². The minimum absolute atomic E-state index is 0.000793. The number of hydrogen-bond acceptors (Lipinski definition) is 3. The molecule has 1 rings (SSSR count). The van der Waals surface area contributed by atoms with Gasteiger partial charge in [0.25, 0.3) is 0 Å². The van der Waals surface area contributed by atoms with Crippen molar-refractivity contribution in [1.82, 2.24) is 20.0 Å². The van der Waals surface area contributed by atoms with E-state index in [0.29, 0.717) is 6.54 Å². The van der Waals surface area contributed by atoms with Gasteiger partial charge in [-0.15, -0.1) is 0 Å². The molecule has 0 aliphatic carbocycles.